The summed E-state index contributed by atoms with van der Waals surface area (Å²) in [5.74, 6) is 0. The van der Waals surface area contributed by atoms with Gasteiger partial charge in [0.2, 0.25) is 0 Å². The highest BCUT2D eigenvalue weighted by Crippen LogP contribution is 2.12. The molecule has 2 heteroatoms. The molecule has 0 bridgehead atoms. The molecule has 0 aromatic rings. The molecule has 0 aliphatic carbocycles. The van der Waals surface area contributed by atoms with E-state index in [-0.39, 0.29) is 5.57 Å². The molecule has 0 aliphatic rings. The van der Waals surface area contributed by atoms with Crippen LogP contribution in [-0.2, 0) is 0 Å². The lowest BCUT2D eigenvalue weighted by atomic mass is 10.0. The molecular weight excluding hydrogens is 160 g/mol. The minimum atomic E-state index is 0.288. The molecule has 0 amide bonds. The molecule has 0 saturated carbocycles. The first kappa shape index (κ1) is 11.7. The van der Waals surface area contributed by atoms with Crippen molar-refractivity contribution in [1.29, 1.82) is 10.5 Å². The maximum absolute atomic E-state index is 8.57. The quantitative estimate of drug-likeness (QED) is 0.476. The van der Waals surface area contributed by atoms with E-state index in [0.717, 1.165) is 18.4 Å². The zero-order chi connectivity index (χ0) is 10.1. The van der Waals surface area contributed by atoms with E-state index in [4.69, 9.17) is 10.5 Å². The lowest BCUT2D eigenvalue weighted by Gasteiger charge is -1.99. The second kappa shape index (κ2) is 7.37. The smallest absolute Gasteiger partial charge is 0.128 e. The Hall–Kier alpha value is -1.28. The van der Waals surface area contributed by atoms with Crippen molar-refractivity contribution < 1.29 is 0 Å². The van der Waals surface area contributed by atoms with Gasteiger partial charge in [0.15, 0.2) is 0 Å². The molecule has 0 aliphatic heterocycles. The van der Waals surface area contributed by atoms with Crippen molar-refractivity contribution in [3.8, 4) is 12.1 Å². The Labute approximate surface area is 80.5 Å². The van der Waals surface area contributed by atoms with Gasteiger partial charge in [-0.25, -0.2) is 0 Å². The molecule has 0 heterocycles. The van der Waals surface area contributed by atoms with Crippen molar-refractivity contribution in [1.82, 2.24) is 0 Å². The van der Waals surface area contributed by atoms with Crippen molar-refractivity contribution in [3.05, 3.63) is 11.1 Å². The van der Waals surface area contributed by atoms with E-state index >= 15 is 0 Å². The van der Waals surface area contributed by atoms with Crippen LogP contribution in [0.15, 0.2) is 11.1 Å². The highest BCUT2D eigenvalue weighted by Gasteiger charge is 1.99. The molecule has 2 nitrogen and oxygen atoms in total. The standard InChI is InChI=1S/C11H16N2/c1-3-4-5-6-7-10(2)11(8-12)9-13/h3-7H2,1-2H3. The average molecular weight is 176 g/mol. The Balaban J connectivity index is 3.87. The van der Waals surface area contributed by atoms with Crippen LogP contribution in [0, 0.1) is 22.7 Å². The molecule has 0 aromatic heterocycles. The largest absolute Gasteiger partial charge is 0.192 e. The van der Waals surface area contributed by atoms with E-state index in [1.54, 1.807) is 0 Å². The van der Waals surface area contributed by atoms with Gasteiger partial charge in [0.1, 0.15) is 17.7 Å². The van der Waals surface area contributed by atoms with E-state index in [9.17, 15) is 0 Å². The lowest BCUT2D eigenvalue weighted by molar-refractivity contribution is 0.663. The summed E-state index contributed by atoms with van der Waals surface area (Å²) in [6, 6.07) is 3.82. The number of nitrogens with zero attached hydrogens (tertiary/aromatic N) is 2. The van der Waals surface area contributed by atoms with Gasteiger partial charge in [-0.3, -0.25) is 0 Å². The van der Waals surface area contributed by atoms with Crippen molar-refractivity contribution in [2.24, 2.45) is 0 Å². The second-order valence-corrected chi connectivity index (χ2v) is 3.19. The van der Waals surface area contributed by atoms with Crippen LogP contribution in [0.4, 0.5) is 0 Å². The molecule has 0 radical (unpaired) electrons. The summed E-state index contributed by atoms with van der Waals surface area (Å²) in [5, 5.41) is 17.1. The van der Waals surface area contributed by atoms with Crippen LogP contribution in [0.1, 0.15) is 46.0 Å². The minimum absolute atomic E-state index is 0.288. The molecule has 0 fully saturated rings. The van der Waals surface area contributed by atoms with Gasteiger partial charge in [-0.2, -0.15) is 10.5 Å². The van der Waals surface area contributed by atoms with Crippen molar-refractivity contribution in [2.45, 2.75) is 46.0 Å². The normalized spacial score (nSPS) is 8.62. The van der Waals surface area contributed by atoms with E-state index in [1.165, 1.54) is 19.3 Å². The highest BCUT2D eigenvalue weighted by atomic mass is 14.3. The van der Waals surface area contributed by atoms with Gasteiger partial charge in [-0.05, 0) is 25.3 Å². The van der Waals surface area contributed by atoms with Gasteiger partial charge in [-0.15, -0.1) is 0 Å². The Kier molecular flexibility index (Phi) is 6.65. The first-order chi connectivity index (χ1) is 6.26. The molecule has 0 unspecified atom stereocenters. The molecule has 0 N–H and O–H groups in total. The summed E-state index contributed by atoms with van der Waals surface area (Å²) >= 11 is 0. The van der Waals surface area contributed by atoms with Gasteiger partial charge in [0.05, 0.1) is 0 Å². The average Bonchev–Trinajstić information content (AvgIpc) is 2.14. The first-order valence-electron chi connectivity index (χ1n) is 4.76. The second-order valence-electron chi connectivity index (χ2n) is 3.19. The van der Waals surface area contributed by atoms with E-state index in [0.29, 0.717) is 0 Å². The Morgan fingerprint density at radius 2 is 1.69 bits per heavy atom. The van der Waals surface area contributed by atoms with Gasteiger partial charge in [0, 0.05) is 0 Å². The molecule has 70 valence electrons. The van der Waals surface area contributed by atoms with Crippen LogP contribution in [0.2, 0.25) is 0 Å². The van der Waals surface area contributed by atoms with Crippen molar-refractivity contribution in [3.63, 3.8) is 0 Å². The topological polar surface area (TPSA) is 47.6 Å². The Morgan fingerprint density at radius 3 is 2.15 bits per heavy atom. The van der Waals surface area contributed by atoms with Gasteiger partial charge in [0.25, 0.3) is 0 Å². The predicted molar refractivity (Wildman–Crippen MR) is 52.7 cm³/mol. The zero-order valence-corrected chi connectivity index (χ0v) is 8.43. The predicted octanol–water partition coefficient (Wildman–Crippen LogP) is 3.32. The van der Waals surface area contributed by atoms with Crippen LogP contribution in [0.5, 0.6) is 0 Å². The van der Waals surface area contributed by atoms with Crippen LogP contribution in [0.3, 0.4) is 0 Å². The van der Waals surface area contributed by atoms with E-state index in [1.807, 2.05) is 19.1 Å². The lowest BCUT2D eigenvalue weighted by Crippen LogP contribution is -1.85. The molecular formula is C11H16N2. The maximum atomic E-state index is 8.57. The monoisotopic (exact) mass is 176 g/mol. The number of unbranched alkanes of at least 4 members (excludes halogenated alkanes) is 3. The Morgan fingerprint density at radius 1 is 1.08 bits per heavy atom. The summed E-state index contributed by atoms with van der Waals surface area (Å²) in [4.78, 5) is 0. The zero-order valence-electron chi connectivity index (χ0n) is 8.43. The summed E-state index contributed by atoms with van der Waals surface area (Å²) in [7, 11) is 0. The van der Waals surface area contributed by atoms with E-state index in [2.05, 4.69) is 6.92 Å². The van der Waals surface area contributed by atoms with Crippen molar-refractivity contribution in [2.75, 3.05) is 0 Å². The fraction of sp³-hybridized carbons (Fsp3) is 0.636. The third kappa shape index (κ3) is 5.04. The van der Waals surface area contributed by atoms with E-state index < -0.39 is 0 Å². The molecule has 13 heavy (non-hydrogen) atoms. The molecule has 0 spiro atoms. The number of allylic oxidation sites excluding steroid dienone is 2. The van der Waals surface area contributed by atoms with Crippen LogP contribution >= 0.6 is 0 Å². The number of rotatable bonds is 5. The number of hydrogen-bond acceptors (Lipinski definition) is 2. The Bertz CT molecular complexity index is 234. The van der Waals surface area contributed by atoms with Gasteiger partial charge in [-0.1, -0.05) is 26.2 Å². The molecule has 0 atom stereocenters. The van der Waals surface area contributed by atoms with Gasteiger partial charge < -0.3 is 0 Å². The van der Waals surface area contributed by atoms with Crippen LogP contribution in [-0.4, -0.2) is 0 Å². The summed E-state index contributed by atoms with van der Waals surface area (Å²) < 4.78 is 0. The summed E-state index contributed by atoms with van der Waals surface area (Å²) in [6.07, 6.45) is 5.62. The van der Waals surface area contributed by atoms with Crippen LogP contribution < -0.4 is 0 Å². The summed E-state index contributed by atoms with van der Waals surface area (Å²) in [6.45, 7) is 4.03. The minimum Gasteiger partial charge on any atom is -0.192 e. The molecule has 0 aromatic carbocycles. The fourth-order valence-electron chi connectivity index (χ4n) is 1.16. The van der Waals surface area contributed by atoms with Crippen molar-refractivity contribution >= 4 is 0 Å². The molecule has 0 rings (SSSR count). The summed E-state index contributed by atoms with van der Waals surface area (Å²) in [5.41, 5.74) is 1.22. The number of nitriles is 2. The maximum Gasteiger partial charge on any atom is 0.128 e. The third-order valence-electron chi connectivity index (χ3n) is 2.06. The number of hydrogen-bond donors (Lipinski definition) is 0. The molecule has 0 saturated heterocycles. The first-order valence-corrected chi connectivity index (χ1v) is 4.76. The fourth-order valence-corrected chi connectivity index (χ4v) is 1.16. The third-order valence-corrected chi connectivity index (χ3v) is 2.06. The van der Waals surface area contributed by atoms with Gasteiger partial charge >= 0.3 is 0 Å². The van der Waals surface area contributed by atoms with Crippen LogP contribution in [0.25, 0.3) is 0 Å². The SMILES string of the molecule is CCCCCCC(C)=C(C#N)C#N. The highest BCUT2D eigenvalue weighted by molar-refractivity contribution is 5.39.